The van der Waals surface area contributed by atoms with Crippen LogP contribution in [-0.2, 0) is 0 Å². The number of hydrogen-bond donors (Lipinski definition) is 1. The number of anilines is 1. The average molecular weight is 430 g/mol. The summed E-state index contributed by atoms with van der Waals surface area (Å²) in [4.78, 5) is 21.2. The molecule has 1 aliphatic rings. The molecule has 0 unspecified atom stereocenters. The predicted molar refractivity (Wildman–Crippen MR) is 116 cm³/mol. The molecule has 1 saturated carbocycles. The third kappa shape index (κ3) is 4.22. The Morgan fingerprint density at radius 3 is 2.56 bits per heavy atom. The van der Waals surface area contributed by atoms with Crippen molar-refractivity contribution in [1.82, 2.24) is 24.9 Å². The lowest BCUT2D eigenvalue weighted by Crippen LogP contribution is -2.12. The van der Waals surface area contributed by atoms with E-state index in [2.05, 4.69) is 25.5 Å². The second-order valence-corrected chi connectivity index (χ2v) is 7.92. The molecular weight excluding hydrogens is 408 g/mol. The summed E-state index contributed by atoms with van der Waals surface area (Å²) in [5.74, 6) is 3.08. The summed E-state index contributed by atoms with van der Waals surface area (Å²) < 4.78 is 12.9. The van der Waals surface area contributed by atoms with Crippen molar-refractivity contribution in [2.75, 3.05) is 5.32 Å². The highest BCUT2D eigenvalue weighted by atomic mass is 16.5. The predicted octanol–water partition coefficient (Wildman–Crippen LogP) is 4.50. The fraction of sp³-hybridized carbons (Fsp3) is 0.261. The highest BCUT2D eigenvalue weighted by Gasteiger charge is 2.28. The molecule has 0 spiro atoms. The minimum atomic E-state index is -0.310. The molecule has 3 aromatic heterocycles. The number of nitrogens with zero attached hydrogens (tertiary/aromatic N) is 5. The summed E-state index contributed by atoms with van der Waals surface area (Å²) in [6, 6.07) is 12.5. The van der Waals surface area contributed by atoms with Crippen LogP contribution in [0, 0.1) is 20.8 Å². The van der Waals surface area contributed by atoms with Crippen LogP contribution in [0.3, 0.4) is 0 Å². The highest BCUT2D eigenvalue weighted by molar-refractivity contribution is 6.02. The lowest BCUT2D eigenvalue weighted by atomic mass is 10.2. The smallest absolute Gasteiger partial charge is 0.277 e. The Kier molecular flexibility index (Phi) is 4.93. The Balaban J connectivity index is 1.28. The monoisotopic (exact) mass is 430 g/mol. The number of hydrogen-bond acceptors (Lipinski definition) is 7. The molecule has 162 valence electrons. The highest BCUT2D eigenvalue weighted by Crippen LogP contribution is 2.40. The first kappa shape index (κ1) is 19.9. The third-order valence-corrected chi connectivity index (χ3v) is 5.10. The van der Waals surface area contributed by atoms with E-state index in [-0.39, 0.29) is 11.6 Å². The van der Waals surface area contributed by atoms with Crippen LogP contribution in [0.2, 0.25) is 0 Å². The lowest BCUT2D eigenvalue weighted by Gasteiger charge is -2.09. The van der Waals surface area contributed by atoms with E-state index < -0.39 is 0 Å². The van der Waals surface area contributed by atoms with Crippen LogP contribution in [0.4, 0.5) is 5.69 Å². The van der Waals surface area contributed by atoms with Crippen LogP contribution in [0.15, 0.2) is 47.0 Å². The Bertz CT molecular complexity index is 1290. The SMILES string of the molecule is Cc1cc(C)n(-c2cc(Oc3ccc(NC(=O)c4cc(C5CC5)on4)cc3)nc(C)n2)n1. The molecule has 0 atom stereocenters. The summed E-state index contributed by atoms with van der Waals surface area (Å²) in [7, 11) is 0. The second kappa shape index (κ2) is 7.92. The number of aromatic nitrogens is 5. The topological polar surface area (TPSA) is 108 Å². The maximum atomic E-state index is 12.4. The first-order chi connectivity index (χ1) is 15.4. The fourth-order valence-electron chi connectivity index (χ4n) is 3.43. The van der Waals surface area contributed by atoms with Crippen molar-refractivity contribution in [2.24, 2.45) is 0 Å². The van der Waals surface area contributed by atoms with Gasteiger partial charge < -0.3 is 14.6 Å². The van der Waals surface area contributed by atoms with Crippen LogP contribution < -0.4 is 10.1 Å². The molecule has 0 aliphatic heterocycles. The van der Waals surface area contributed by atoms with Crippen LogP contribution in [0.1, 0.15) is 52.2 Å². The van der Waals surface area contributed by atoms with Crippen LogP contribution in [0.5, 0.6) is 11.6 Å². The zero-order chi connectivity index (χ0) is 22.2. The van der Waals surface area contributed by atoms with Gasteiger partial charge in [-0.15, -0.1) is 0 Å². The second-order valence-electron chi connectivity index (χ2n) is 7.92. The van der Waals surface area contributed by atoms with E-state index in [1.165, 1.54) is 0 Å². The van der Waals surface area contributed by atoms with Gasteiger partial charge in [-0.1, -0.05) is 5.16 Å². The zero-order valence-electron chi connectivity index (χ0n) is 18.0. The zero-order valence-corrected chi connectivity index (χ0v) is 18.0. The first-order valence-electron chi connectivity index (χ1n) is 10.4. The molecule has 9 nitrogen and oxygen atoms in total. The van der Waals surface area contributed by atoms with E-state index in [9.17, 15) is 4.79 Å². The van der Waals surface area contributed by atoms with Gasteiger partial charge in [0, 0.05) is 29.4 Å². The Morgan fingerprint density at radius 2 is 1.88 bits per heavy atom. The van der Waals surface area contributed by atoms with Gasteiger partial charge in [-0.05, 0) is 63.9 Å². The molecule has 1 aromatic carbocycles. The van der Waals surface area contributed by atoms with Gasteiger partial charge >= 0.3 is 0 Å². The minimum Gasteiger partial charge on any atom is -0.439 e. The quantitative estimate of drug-likeness (QED) is 0.480. The minimum absolute atomic E-state index is 0.278. The molecule has 9 heteroatoms. The van der Waals surface area contributed by atoms with E-state index in [1.807, 2.05) is 19.9 Å². The van der Waals surface area contributed by atoms with Crippen molar-refractivity contribution in [2.45, 2.75) is 39.5 Å². The molecule has 0 saturated heterocycles. The Labute approximate surface area is 184 Å². The largest absolute Gasteiger partial charge is 0.439 e. The van der Waals surface area contributed by atoms with Crippen molar-refractivity contribution >= 4 is 11.6 Å². The number of rotatable bonds is 6. The number of aryl methyl sites for hydroxylation is 3. The van der Waals surface area contributed by atoms with Gasteiger partial charge in [0.05, 0.1) is 5.69 Å². The van der Waals surface area contributed by atoms with Gasteiger partial charge in [0.1, 0.15) is 17.3 Å². The molecule has 1 aliphatic carbocycles. The fourth-order valence-corrected chi connectivity index (χ4v) is 3.43. The maximum Gasteiger partial charge on any atom is 0.277 e. The van der Waals surface area contributed by atoms with E-state index in [4.69, 9.17) is 9.26 Å². The first-order valence-corrected chi connectivity index (χ1v) is 10.4. The summed E-state index contributed by atoms with van der Waals surface area (Å²) in [6.07, 6.45) is 2.18. The Morgan fingerprint density at radius 1 is 1.09 bits per heavy atom. The summed E-state index contributed by atoms with van der Waals surface area (Å²) in [5, 5.41) is 11.1. The number of carbonyl (C=O) groups is 1. The average Bonchev–Trinajstić information content (AvgIpc) is 3.38. The van der Waals surface area contributed by atoms with Gasteiger partial charge in [-0.25, -0.2) is 9.67 Å². The molecule has 5 rings (SSSR count). The van der Waals surface area contributed by atoms with Crippen LogP contribution >= 0.6 is 0 Å². The maximum absolute atomic E-state index is 12.4. The van der Waals surface area contributed by atoms with Crippen LogP contribution in [0.25, 0.3) is 5.82 Å². The molecule has 1 N–H and O–H groups in total. The number of carbonyl (C=O) groups excluding carboxylic acids is 1. The summed E-state index contributed by atoms with van der Waals surface area (Å²) >= 11 is 0. The van der Waals surface area contributed by atoms with Crippen molar-refractivity contribution < 1.29 is 14.1 Å². The van der Waals surface area contributed by atoms with E-state index in [1.54, 1.807) is 48.0 Å². The van der Waals surface area contributed by atoms with Crippen molar-refractivity contribution in [3.8, 4) is 17.4 Å². The standard InChI is InChI=1S/C23H22N6O3/c1-13-10-14(2)29(27-13)21-12-22(25-15(3)24-21)31-18-8-6-17(7-9-18)26-23(30)19-11-20(32-28-19)16-4-5-16/h6-12,16H,4-5H2,1-3H3,(H,26,30). The van der Waals surface area contributed by atoms with Gasteiger partial charge in [0.25, 0.3) is 5.91 Å². The van der Waals surface area contributed by atoms with E-state index in [0.29, 0.717) is 34.9 Å². The van der Waals surface area contributed by atoms with Gasteiger partial charge in [-0.2, -0.15) is 10.1 Å². The van der Waals surface area contributed by atoms with E-state index in [0.717, 1.165) is 30.0 Å². The number of amides is 1. The van der Waals surface area contributed by atoms with Crippen molar-refractivity contribution in [3.05, 3.63) is 71.1 Å². The normalized spacial score (nSPS) is 13.2. The molecule has 1 fully saturated rings. The molecule has 1 amide bonds. The van der Waals surface area contributed by atoms with Crippen molar-refractivity contribution in [3.63, 3.8) is 0 Å². The number of nitrogens with one attached hydrogen (secondary N) is 1. The summed E-state index contributed by atoms with van der Waals surface area (Å²) in [6.45, 7) is 5.71. The lowest BCUT2D eigenvalue weighted by molar-refractivity contribution is 0.101. The molecule has 0 bridgehead atoms. The molecule has 3 heterocycles. The van der Waals surface area contributed by atoms with Gasteiger partial charge in [0.15, 0.2) is 11.5 Å². The summed E-state index contributed by atoms with van der Waals surface area (Å²) in [5.41, 5.74) is 2.79. The number of ether oxygens (including phenoxy) is 1. The van der Waals surface area contributed by atoms with Gasteiger partial charge in [-0.3, -0.25) is 4.79 Å². The van der Waals surface area contributed by atoms with Crippen LogP contribution in [-0.4, -0.2) is 30.8 Å². The molecular formula is C23H22N6O3. The molecule has 32 heavy (non-hydrogen) atoms. The molecule has 4 aromatic rings. The molecule has 0 radical (unpaired) electrons. The third-order valence-electron chi connectivity index (χ3n) is 5.10. The Hall–Kier alpha value is -4.01. The van der Waals surface area contributed by atoms with Crippen molar-refractivity contribution in [1.29, 1.82) is 0 Å². The number of benzene rings is 1. The van der Waals surface area contributed by atoms with E-state index >= 15 is 0 Å². The van der Waals surface area contributed by atoms with Gasteiger partial charge in [0.2, 0.25) is 5.88 Å².